The number of H-pyrrole nitrogens is 1. The first-order valence-corrected chi connectivity index (χ1v) is 11.7. The van der Waals surface area contributed by atoms with Crippen LogP contribution in [0.2, 0.25) is 5.02 Å². The second kappa shape index (κ2) is 8.31. The summed E-state index contributed by atoms with van der Waals surface area (Å²) < 4.78 is 7.97. The number of aromatic amines is 1. The van der Waals surface area contributed by atoms with Gasteiger partial charge in [0.1, 0.15) is 0 Å². The number of nitrogens with one attached hydrogen (secondary N) is 1. The molecule has 0 amide bonds. The Kier molecular flexibility index (Phi) is 5.12. The summed E-state index contributed by atoms with van der Waals surface area (Å²) in [6, 6.07) is 19.4. The molecule has 0 atom stereocenters. The predicted octanol–water partition coefficient (Wildman–Crippen LogP) is 6.67. The van der Waals surface area contributed by atoms with Crippen LogP contribution in [0.4, 0.5) is 0 Å². The molecule has 1 aliphatic heterocycles. The van der Waals surface area contributed by atoms with E-state index in [9.17, 15) is 9.90 Å². The summed E-state index contributed by atoms with van der Waals surface area (Å²) in [7, 11) is 0. The molecule has 1 aliphatic rings. The quantitative estimate of drug-likeness (QED) is 0.305. The predicted molar refractivity (Wildman–Crippen MR) is 135 cm³/mol. The number of carbonyl (C=O) groups is 1. The minimum absolute atomic E-state index is 0. The van der Waals surface area contributed by atoms with E-state index in [0.29, 0.717) is 10.9 Å². The molecule has 0 aliphatic carbocycles. The average Bonchev–Trinajstić information content (AvgIpc) is 3.45. The molecule has 0 bridgehead atoms. The van der Waals surface area contributed by atoms with Gasteiger partial charge < -0.3 is 14.4 Å². The SMILES string of the molecule is O=C(O)c1ccc(-n2c(C3CCOCC3)c(-c3ccc(Cl)cc3)c3cc4cn[nH]c4cc32)cc1.[HH]. The first kappa shape index (κ1) is 21.0. The van der Waals surface area contributed by atoms with Gasteiger partial charge in [0.2, 0.25) is 0 Å². The van der Waals surface area contributed by atoms with Crippen LogP contribution in [-0.2, 0) is 4.74 Å². The van der Waals surface area contributed by atoms with Crippen molar-refractivity contribution in [1.29, 1.82) is 0 Å². The Labute approximate surface area is 202 Å². The van der Waals surface area contributed by atoms with E-state index in [1.807, 2.05) is 30.5 Å². The molecule has 6 rings (SSSR count). The number of hydrogen-bond donors (Lipinski definition) is 2. The number of hydrogen-bond acceptors (Lipinski definition) is 3. The van der Waals surface area contributed by atoms with Crippen molar-refractivity contribution >= 4 is 39.4 Å². The van der Waals surface area contributed by atoms with E-state index in [0.717, 1.165) is 59.1 Å². The van der Waals surface area contributed by atoms with Gasteiger partial charge in [0, 0.05) is 53.3 Å². The molecule has 34 heavy (non-hydrogen) atoms. The van der Waals surface area contributed by atoms with Crippen molar-refractivity contribution in [2.24, 2.45) is 0 Å². The van der Waals surface area contributed by atoms with E-state index in [1.165, 1.54) is 11.3 Å². The number of nitrogens with zero attached hydrogens (tertiary/aromatic N) is 2. The molecule has 0 spiro atoms. The van der Waals surface area contributed by atoms with Gasteiger partial charge >= 0.3 is 5.97 Å². The number of carboxylic acids is 1. The lowest BCUT2D eigenvalue weighted by atomic mass is 9.90. The second-order valence-corrected chi connectivity index (χ2v) is 9.10. The number of halogens is 1. The Balaban J connectivity index is 0.00000253. The molecule has 0 unspecified atom stereocenters. The summed E-state index contributed by atoms with van der Waals surface area (Å²) in [5.74, 6) is -0.642. The molecule has 1 fully saturated rings. The lowest BCUT2D eigenvalue weighted by Crippen LogP contribution is -2.17. The van der Waals surface area contributed by atoms with Gasteiger partial charge in [-0.05, 0) is 66.9 Å². The maximum Gasteiger partial charge on any atom is 0.335 e. The average molecular weight is 474 g/mol. The van der Waals surface area contributed by atoms with Gasteiger partial charge in [0.15, 0.2) is 0 Å². The fraction of sp³-hybridized carbons (Fsp3) is 0.185. The molecular weight excluding hydrogens is 450 g/mol. The Bertz CT molecular complexity index is 1520. The highest BCUT2D eigenvalue weighted by atomic mass is 35.5. The summed E-state index contributed by atoms with van der Waals surface area (Å²) in [4.78, 5) is 11.5. The van der Waals surface area contributed by atoms with Crippen LogP contribution >= 0.6 is 11.6 Å². The number of benzene rings is 3. The van der Waals surface area contributed by atoms with Crippen LogP contribution in [0.25, 0.3) is 38.6 Å². The van der Waals surface area contributed by atoms with E-state index >= 15 is 0 Å². The van der Waals surface area contributed by atoms with E-state index in [-0.39, 0.29) is 6.99 Å². The summed E-state index contributed by atoms with van der Waals surface area (Å²) in [5, 5.41) is 19.6. The topological polar surface area (TPSA) is 80.1 Å². The Hall–Kier alpha value is -3.61. The Morgan fingerprint density at radius 2 is 1.82 bits per heavy atom. The lowest BCUT2D eigenvalue weighted by Gasteiger charge is -2.26. The van der Waals surface area contributed by atoms with Crippen molar-refractivity contribution in [2.45, 2.75) is 18.8 Å². The zero-order valence-corrected chi connectivity index (χ0v) is 19.0. The van der Waals surface area contributed by atoms with Crippen LogP contribution in [0.1, 0.15) is 36.2 Å². The number of aromatic carboxylic acids is 1. The van der Waals surface area contributed by atoms with E-state index < -0.39 is 5.97 Å². The first-order valence-electron chi connectivity index (χ1n) is 11.3. The minimum atomic E-state index is -0.936. The van der Waals surface area contributed by atoms with Crippen LogP contribution < -0.4 is 0 Å². The molecule has 172 valence electrons. The molecule has 3 heterocycles. The van der Waals surface area contributed by atoms with Crippen molar-refractivity contribution in [3.8, 4) is 16.8 Å². The number of fused-ring (bicyclic) bond motifs is 2. The van der Waals surface area contributed by atoms with Gasteiger partial charge in [-0.3, -0.25) is 5.10 Å². The molecule has 0 saturated carbocycles. The molecule has 2 aromatic heterocycles. The van der Waals surface area contributed by atoms with Gasteiger partial charge in [-0.2, -0.15) is 5.10 Å². The zero-order chi connectivity index (χ0) is 23.2. The summed E-state index contributed by atoms with van der Waals surface area (Å²) in [6.07, 6.45) is 3.68. The third-order valence-corrected chi connectivity index (χ3v) is 6.93. The number of aromatic nitrogens is 3. The summed E-state index contributed by atoms with van der Waals surface area (Å²) in [6.45, 7) is 1.43. The van der Waals surface area contributed by atoms with E-state index in [2.05, 4.69) is 39.0 Å². The summed E-state index contributed by atoms with van der Waals surface area (Å²) >= 11 is 6.23. The Morgan fingerprint density at radius 1 is 1.09 bits per heavy atom. The fourth-order valence-electron chi connectivity index (χ4n) is 5.05. The van der Waals surface area contributed by atoms with Gasteiger partial charge in [-0.15, -0.1) is 0 Å². The highest BCUT2D eigenvalue weighted by Gasteiger charge is 2.28. The fourth-order valence-corrected chi connectivity index (χ4v) is 5.18. The largest absolute Gasteiger partial charge is 0.478 e. The molecule has 5 aromatic rings. The molecule has 0 radical (unpaired) electrons. The second-order valence-electron chi connectivity index (χ2n) is 8.67. The van der Waals surface area contributed by atoms with Crippen molar-refractivity contribution in [1.82, 2.24) is 14.8 Å². The van der Waals surface area contributed by atoms with Crippen molar-refractivity contribution in [3.05, 3.63) is 83.1 Å². The van der Waals surface area contributed by atoms with Gasteiger partial charge in [0.05, 0.1) is 22.8 Å². The Morgan fingerprint density at radius 3 is 2.53 bits per heavy atom. The minimum Gasteiger partial charge on any atom is -0.478 e. The van der Waals surface area contributed by atoms with Crippen LogP contribution in [-0.4, -0.2) is 39.1 Å². The molecule has 2 N–H and O–H groups in total. The van der Waals surface area contributed by atoms with E-state index in [4.69, 9.17) is 16.3 Å². The van der Waals surface area contributed by atoms with Crippen LogP contribution in [0.3, 0.4) is 0 Å². The lowest BCUT2D eigenvalue weighted by molar-refractivity contribution is 0.0697. The number of carboxylic acid groups (broad SMARTS) is 1. The van der Waals surface area contributed by atoms with Crippen LogP contribution in [0.15, 0.2) is 66.9 Å². The monoisotopic (exact) mass is 473 g/mol. The highest BCUT2D eigenvalue weighted by molar-refractivity contribution is 6.30. The van der Waals surface area contributed by atoms with Crippen molar-refractivity contribution in [3.63, 3.8) is 0 Å². The third-order valence-electron chi connectivity index (χ3n) is 6.68. The molecule has 6 nitrogen and oxygen atoms in total. The van der Waals surface area contributed by atoms with Gasteiger partial charge in [-0.25, -0.2) is 4.79 Å². The van der Waals surface area contributed by atoms with Crippen LogP contribution in [0.5, 0.6) is 0 Å². The first-order chi connectivity index (χ1) is 16.6. The smallest absolute Gasteiger partial charge is 0.335 e. The van der Waals surface area contributed by atoms with Crippen LogP contribution in [0, 0.1) is 0 Å². The third kappa shape index (κ3) is 3.47. The molecule has 3 aromatic carbocycles. The molecule has 1 saturated heterocycles. The zero-order valence-electron chi connectivity index (χ0n) is 18.3. The number of rotatable bonds is 4. The maximum absolute atomic E-state index is 11.5. The molecule has 7 heteroatoms. The van der Waals surface area contributed by atoms with Crippen molar-refractivity contribution < 1.29 is 16.1 Å². The van der Waals surface area contributed by atoms with E-state index in [1.54, 1.807) is 12.1 Å². The summed E-state index contributed by atoms with van der Waals surface area (Å²) in [5.41, 5.74) is 6.67. The normalized spacial score (nSPS) is 14.7. The van der Waals surface area contributed by atoms with Crippen molar-refractivity contribution in [2.75, 3.05) is 13.2 Å². The van der Waals surface area contributed by atoms with Gasteiger partial charge in [-0.1, -0.05) is 23.7 Å². The molecular formula is C27H24ClN3O3. The maximum atomic E-state index is 11.5. The number of ether oxygens (including phenoxy) is 1. The standard InChI is InChI=1S/C27H22ClN3O3.H2/c28-20-5-1-16(2-6-20)25-22-13-19-15-29-30-23(19)14-24(22)31(26(25)17-9-11-34-12-10-17)21-7-3-18(4-8-21)27(32)33;/h1-8,13-15,17H,9-12H2,(H,29,30)(H,32,33);1H. The van der Waals surface area contributed by atoms with Gasteiger partial charge in [0.25, 0.3) is 0 Å². The highest BCUT2D eigenvalue weighted by Crippen LogP contribution is 2.44.